The monoisotopic (exact) mass is 149 g/mol. The Morgan fingerprint density at radius 1 is 1.67 bits per heavy atom. The molecule has 1 N–H and O–H groups in total. The van der Waals surface area contributed by atoms with Gasteiger partial charge >= 0.3 is 0 Å². The lowest BCUT2D eigenvalue weighted by atomic mass is 10.6. The first-order chi connectivity index (χ1) is 4.13. The van der Waals surface area contributed by atoms with E-state index in [4.69, 9.17) is 0 Å². The summed E-state index contributed by atoms with van der Waals surface area (Å²) in [6.45, 7) is 1.96. The van der Waals surface area contributed by atoms with Gasteiger partial charge in [0.2, 0.25) is 5.91 Å². The minimum absolute atomic E-state index is 0.0690. The maximum atomic E-state index is 10.4. The van der Waals surface area contributed by atoms with Crippen molar-refractivity contribution in [3.8, 4) is 0 Å². The van der Waals surface area contributed by atoms with Crippen LogP contribution < -0.4 is 5.32 Å². The van der Waals surface area contributed by atoms with Crippen LogP contribution in [0.1, 0.15) is 6.92 Å². The van der Waals surface area contributed by atoms with Gasteiger partial charge < -0.3 is 5.32 Å². The minimum atomic E-state index is -0.797. The third-order valence-electron chi connectivity index (χ3n) is 0.763. The normalized spacial score (nSPS) is 12.7. The first kappa shape index (κ1) is 8.62. The van der Waals surface area contributed by atoms with Crippen LogP contribution in [0.2, 0.25) is 0 Å². The zero-order valence-corrected chi connectivity index (χ0v) is 6.46. The summed E-state index contributed by atoms with van der Waals surface area (Å²) in [5.74, 6) is 0.472. The molecule has 0 aromatic heterocycles. The summed E-state index contributed by atoms with van der Waals surface area (Å²) in [6, 6.07) is 0. The topological polar surface area (TPSA) is 46.2 Å². The van der Waals surface area contributed by atoms with Crippen molar-refractivity contribution in [2.45, 2.75) is 6.92 Å². The Morgan fingerprint density at radius 3 is 2.56 bits per heavy atom. The predicted octanol–water partition coefficient (Wildman–Crippen LogP) is -0.499. The van der Waals surface area contributed by atoms with E-state index in [0.717, 1.165) is 0 Å². The molecule has 0 aliphatic rings. The molecule has 0 saturated carbocycles. The molecule has 0 bridgehead atoms. The van der Waals surface area contributed by atoms with Gasteiger partial charge in [-0.3, -0.25) is 9.00 Å². The molecular formula is C5H11NO2S. The Labute approximate surface area is 57.3 Å². The molecule has 9 heavy (non-hydrogen) atoms. The Hall–Kier alpha value is -0.380. The molecule has 0 saturated heterocycles. The summed E-state index contributed by atoms with van der Waals surface area (Å²) >= 11 is 0. The molecule has 54 valence electrons. The summed E-state index contributed by atoms with van der Waals surface area (Å²) in [7, 11) is -0.797. The van der Waals surface area contributed by atoms with Crippen molar-refractivity contribution in [3.63, 3.8) is 0 Å². The standard InChI is InChI=1S/C5H11NO2S/c1-5(7)6-3-4-9(2)8/h3-4H2,1-2H3,(H,6,7)/t9-/m0/s1. The van der Waals surface area contributed by atoms with Gasteiger partial charge in [-0.15, -0.1) is 0 Å². The van der Waals surface area contributed by atoms with E-state index in [9.17, 15) is 9.00 Å². The molecule has 0 rings (SSSR count). The molecule has 1 amide bonds. The molecule has 0 aromatic rings. The lowest BCUT2D eigenvalue weighted by Crippen LogP contribution is -2.24. The summed E-state index contributed by atoms with van der Waals surface area (Å²) in [5.41, 5.74) is 0. The molecule has 0 fully saturated rings. The third kappa shape index (κ3) is 7.62. The first-order valence-electron chi connectivity index (χ1n) is 2.67. The van der Waals surface area contributed by atoms with Crippen LogP contribution in [0.5, 0.6) is 0 Å². The van der Waals surface area contributed by atoms with E-state index in [-0.39, 0.29) is 5.91 Å². The van der Waals surface area contributed by atoms with Crippen LogP contribution in [0.15, 0.2) is 0 Å². The number of carbonyl (C=O) groups is 1. The fraction of sp³-hybridized carbons (Fsp3) is 0.800. The first-order valence-corrected chi connectivity index (χ1v) is 4.40. The van der Waals surface area contributed by atoms with Crippen molar-refractivity contribution < 1.29 is 9.00 Å². The van der Waals surface area contributed by atoms with Crippen molar-refractivity contribution in [1.29, 1.82) is 0 Å². The van der Waals surface area contributed by atoms with Crippen LogP contribution in [0.25, 0.3) is 0 Å². The molecule has 0 aliphatic carbocycles. The number of amides is 1. The minimum Gasteiger partial charge on any atom is -0.355 e. The largest absolute Gasteiger partial charge is 0.355 e. The van der Waals surface area contributed by atoms with E-state index >= 15 is 0 Å². The second kappa shape index (κ2) is 4.49. The highest BCUT2D eigenvalue weighted by Crippen LogP contribution is 1.70. The van der Waals surface area contributed by atoms with Gasteiger partial charge in [0, 0.05) is 36.3 Å². The predicted molar refractivity (Wildman–Crippen MR) is 37.6 cm³/mol. The van der Waals surface area contributed by atoms with E-state index < -0.39 is 10.8 Å². The molecular weight excluding hydrogens is 138 g/mol. The average Bonchev–Trinajstić information content (AvgIpc) is 1.63. The van der Waals surface area contributed by atoms with Gasteiger partial charge in [0.05, 0.1) is 0 Å². The van der Waals surface area contributed by atoms with E-state index in [1.54, 1.807) is 6.26 Å². The molecule has 3 nitrogen and oxygen atoms in total. The number of hydrogen-bond acceptors (Lipinski definition) is 2. The quantitative estimate of drug-likeness (QED) is 0.588. The molecule has 0 aliphatic heterocycles. The zero-order chi connectivity index (χ0) is 7.28. The third-order valence-corrected chi connectivity index (χ3v) is 1.54. The molecule has 0 radical (unpaired) electrons. The van der Waals surface area contributed by atoms with Crippen LogP contribution in [0.4, 0.5) is 0 Å². The fourth-order valence-electron chi connectivity index (χ4n) is 0.371. The molecule has 1 atom stereocenters. The number of carbonyl (C=O) groups excluding carboxylic acids is 1. The van der Waals surface area contributed by atoms with Gasteiger partial charge in [0.1, 0.15) is 0 Å². The van der Waals surface area contributed by atoms with Crippen LogP contribution in [0.3, 0.4) is 0 Å². The van der Waals surface area contributed by atoms with E-state index in [1.165, 1.54) is 6.92 Å². The van der Waals surface area contributed by atoms with Gasteiger partial charge in [0.15, 0.2) is 0 Å². The summed E-state index contributed by atoms with van der Waals surface area (Å²) in [6.07, 6.45) is 1.61. The van der Waals surface area contributed by atoms with E-state index in [1.807, 2.05) is 0 Å². The van der Waals surface area contributed by atoms with E-state index in [2.05, 4.69) is 5.32 Å². The lowest BCUT2D eigenvalue weighted by Gasteiger charge is -1.96. The number of rotatable bonds is 3. The van der Waals surface area contributed by atoms with Gasteiger partial charge in [-0.25, -0.2) is 0 Å². The highest BCUT2D eigenvalue weighted by molar-refractivity contribution is 7.84. The van der Waals surface area contributed by atoms with Crippen LogP contribution in [-0.4, -0.2) is 28.7 Å². The van der Waals surface area contributed by atoms with Gasteiger partial charge in [0.25, 0.3) is 0 Å². The second-order valence-electron chi connectivity index (χ2n) is 1.76. The SMILES string of the molecule is CC(=O)NCC[S@](C)=O. The molecule has 0 unspecified atom stereocenters. The second-order valence-corrected chi connectivity index (χ2v) is 3.31. The van der Waals surface area contributed by atoms with Gasteiger partial charge in [-0.1, -0.05) is 0 Å². The van der Waals surface area contributed by atoms with E-state index in [0.29, 0.717) is 12.3 Å². The maximum Gasteiger partial charge on any atom is 0.216 e. The highest BCUT2D eigenvalue weighted by Gasteiger charge is 1.91. The Morgan fingerprint density at radius 2 is 2.22 bits per heavy atom. The van der Waals surface area contributed by atoms with Crippen LogP contribution >= 0.6 is 0 Å². The van der Waals surface area contributed by atoms with Gasteiger partial charge in [-0.2, -0.15) is 0 Å². The fourth-order valence-corrected chi connectivity index (χ4v) is 0.760. The van der Waals surface area contributed by atoms with Gasteiger partial charge in [-0.05, 0) is 0 Å². The van der Waals surface area contributed by atoms with Crippen molar-refractivity contribution in [2.24, 2.45) is 0 Å². The summed E-state index contributed by atoms with van der Waals surface area (Å²) in [4.78, 5) is 10.2. The Bertz CT molecular complexity index is 110. The van der Waals surface area contributed by atoms with Crippen molar-refractivity contribution in [2.75, 3.05) is 18.6 Å². The average molecular weight is 149 g/mol. The molecule has 0 heterocycles. The summed E-state index contributed by atoms with van der Waals surface area (Å²) < 4.78 is 10.4. The van der Waals surface area contributed by atoms with Crippen molar-refractivity contribution in [3.05, 3.63) is 0 Å². The Balaban J connectivity index is 3.10. The van der Waals surface area contributed by atoms with Crippen LogP contribution in [-0.2, 0) is 15.6 Å². The van der Waals surface area contributed by atoms with Crippen molar-refractivity contribution in [1.82, 2.24) is 5.32 Å². The molecule has 0 aromatic carbocycles. The highest BCUT2D eigenvalue weighted by atomic mass is 32.2. The summed E-state index contributed by atoms with van der Waals surface area (Å²) in [5, 5.41) is 2.54. The lowest BCUT2D eigenvalue weighted by molar-refractivity contribution is -0.118. The van der Waals surface area contributed by atoms with Crippen LogP contribution in [0, 0.1) is 0 Å². The smallest absolute Gasteiger partial charge is 0.216 e. The number of hydrogen-bond donors (Lipinski definition) is 1. The molecule has 0 spiro atoms. The maximum absolute atomic E-state index is 10.4. The zero-order valence-electron chi connectivity index (χ0n) is 5.64. The molecule has 4 heteroatoms. The number of nitrogens with one attached hydrogen (secondary N) is 1. The van der Waals surface area contributed by atoms with Crippen molar-refractivity contribution >= 4 is 16.7 Å². The Kier molecular flexibility index (Phi) is 4.30.